The predicted octanol–water partition coefficient (Wildman–Crippen LogP) is 1.59. The highest BCUT2D eigenvalue weighted by molar-refractivity contribution is 5.61. The lowest BCUT2D eigenvalue weighted by Crippen LogP contribution is -2.39. The summed E-state index contributed by atoms with van der Waals surface area (Å²) >= 11 is 0. The number of aliphatic hydroxyl groups is 1. The van der Waals surface area contributed by atoms with Crippen LogP contribution >= 0.6 is 0 Å². The molecule has 1 aromatic carbocycles. The number of anilines is 1. The van der Waals surface area contributed by atoms with E-state index in [4.69, 9.17) is 14.5 Å². The lowest BCUT2D eigenvalue weighted by atomic mass is 10.0. The first-order chi connectivity index (χ1) is 16.3. The Labute approximate surface area is 196 Å². The van der Waals surface area contributed by atoms with E-state index in [0.29, 0.717) is 13.2 Å². The number of ether oxygens (including phenoxy) is 2. The van der Waals surface area contributed by atoms with Crippen LogP contribution in [-0.4, -0.2) is 104 Å². The first kappa shape index (κ1) is 22.7. The van der Waals surface area contributed by atoms with Crippen LogP contribution in [0.5, 0.6) is 0 Å². The summed E-state index contributed by atoms with van der Waals surface area (Å²) in [6.45, 7) is 10.3. The Bertz CT molecular complexity index is 901. The Morgan fingerprint density at radius 1 is 0.939 bits per heavy atom. The van der Waals surface area contributed by atoms with Crippen molar-refractivity contribution in [1.82, 2.24) is 19.8 Å². The van der Waals surface area contributed by atoms with Crippen molar-refractivity contribution in [3.8, 4) is 11.4 Å². The summed E-state index contributed by atoms with van der Waals surface area (Å²) in [7, 11) is 0. The summed E-state index contributed by atoms with van der Waals surface area (Å²) in [5, 5.41) is 9.22. The molecule has 1 N–H and O–H groups in total. The average Bonchev–Trinajstić information content (AvgIpc) is 3.27. The average molecular weight is 454 g/mol. The molecule has 0 amide bonds. The molecule has 1 atom stereocenters. The number of benzene rings is 1. The SMILES string of the molecule is OCCN1CCOC(c2ccc(-c3ncc4c(n3)N(CCCN3CCOCC3)CC4)cc2)C1. The molecular weight excluding hydrogens is 418 g/mol. The molecule has 2 fully saturated rings. The van der Waals surface area contributed by atoms with Gasteiger partial charge in [0.25, 0.3) is 0 Å². The molecule has 3 aliphatic heterocycles. The summed E-state index contributed by atoms with van der Waals surface area (Å²) in [5.41, 5.74) is 3.44. The molecule has 2 saturated heterocycles. The van der Waals surface area contributed by atoms with Crippen molar-refractivity contribution < 1.29 is 14.6 Å². The Balaban J connectivity index is 1.22. The van der Waals surface area contributed by atoms with Gasteiger partial charge < -0.3 is 19.5 Å². The van der Waals surface area contributed by atoms with Gasteiger partial charge in [0.1, 0.15) is 5.82 Å². The minimum absolute atomic E-state index is 0.0437. The van der Waals surface area contributed by atoms with E-state index in [2.05, 4.69) is 43.9 Å². The monoisotopic (exact) mass is 453 g/mol. The lowest BCUT2D eigenvalue weighted by Gasteiger charge is -2.32. The van der Waals surface area contributed by atoms with Gasteiger partial charge in [-0.15, -0.1) is 0 Å². The van der Waals surface area contributed by atoms with Gasteiger partial charge in [-0.1, -0.05) is 24.3 Å². The largest absolute Gasteiger partial charge is 0.395 e. The van der Waals surface area contributed by atoms with Crippen LogP contribution in [-0.2, 0) is 15.9 Å². The van der Waals surface area contributed by atoms with Gasteiger partial charge in [-0.2, -0.15) is 0 Å². The number of aromatic nitrogens is 2. The third kappa shape index (κ3) is 5.53. The number of hydrogen-bond acceptors (Lipinski definition) is 8. The van der Waals surface area contributed by atoms with Crippen molar-refractivity contribution in [2.45, 2.75) is 18.9 Å². The van der Waals surface area contributed by atoms with Crippen LogP contribution in [0.4, 0.5) is 5.82 Å². The fourth-order valence-electron chi connectivity index (χ4n) is 4.97. The standard InChI is InChI=1S/C25H35N5O3/c31-14-10-29-13-17-33-23(19-29)20-2-4-21(5-3-20)24-26-18-22-6-9-30(25(22)27-24)8-1-7-28-11-15-32-16-12-28/h2-5,18,23,31H,1,6-17,19H2. The van der Waals surface area contributed by atoms with Crippen molar-refractivity contribution >= 4 is 5.82 Å². The molecule has 4 heterocycles. The quantitative estimate of drug-likeness (QED) is 0.646. The molecule has 8 nitrogen and oxygen atoms in total. The van der Waals surface area contributed by atoms with Gasteiger partial charge in [0.15, 0.2) is 5.82 Å². The van der Waals surface area contributed by atoms with Crippen LogP contribution in [0.1, 0.15) is 23.7 Å². The highest BCUT2D eigenvalue weighted by Crippen LogP contribution is 2.29. The molecule has 0 aliphatic carbocycles. The number of aliphatic hydroxyl groups excluding tert-OH is 1. The van der Waals surface area contributed by atoms with Gasteiger partial charge in [-0.25, -0.2) is 9.97 Å². The smallest absolute Gasteiger partial charge is 0.161 e. The van der Waals surface area contributed by atoms with Crippen LogP contribution in [0.25, 0.3) is 11.4 Å². The molecule has 0 bridgehead atoms. The van der Waals surface area contributed by atoms with Gasteiger partial charge in [0, 0.05) is 69.7 Å². The molecule has 8 heteroatoms. The molecule has 2 aromatic rings. The number of nitrogens with zero attached hydrogens (tertiary/aromatic N) is 5. The van der Waals surface area contributed by atoms with Crippen LogP contribution < -0.4 is 4.90 Å². The highest BCUT2D eigenvalue weighted by atomic mass is 16.5. The minimum Gasteiger partial charge on any atom is -0.395 e. The van der Waals surface area contributed by atoms with Crippen molar-refractivity contribution in [3.63, 3.8) is 0 Å². The Hall–Kier alpha value is -2.10. The van der Waals surface area contributed by atoms with E-state index in [1.54, 1.807) is 0 Å². The Morgan fingerprint density at radius 3 is 2.58 bits per heavy atom. The van der Waals surface area contributed by atoms with Gasteiger partial charge in [0.2, 0.25) is 0 Å². The molecule has 0 radical (unpaired) electrons. The van der Waals surface area contributed by atoms with Crippen LogP contribution in [0.15, 0.2) is 30.5 Å². The summed E-state index contributed by atoms with van der Waals surface area (Å²) in [4.78, 5) is 16.8. The second-order valence-corrected chi connectivity index (χ2v) is 9.09. The molecule has 3 aliphatic rings. The Morgan fingerprint density at radius 2 is 1.76 bits per heavy atom. The van der Waals surface area contributed by atoms with Gasteiger partial charge in [-0.3, -0.25) is 9.80 Å². The lowest BCUT2D eigenvalue weighted by molar-refractivity contribution is -0.0337. The fraction of sp³-hybridized carbons (Fsp3) is 0.600. The van der Waals surface area contributed by atoms with E-state index >= 15 is 0 Å². The van der Waals surface area contributed by atoms with Crippen LogP contribution in [0.3, 0.4) is 0 Å². The molecule has 1 aromatic heterocycles. The third-order valence-corrected chi connectivity index (χ3v) is 6.91. The van der Waals surface area contributed by atoms with Crippen LogP contribution in [0, 0.1) is 0 Å². The molecule has 0 spiro atoms. The first-order valence-corrected chi connectivity index (χ1v) is 12.3. The maximum Gasteiger partial charge on any atom is 0.161 e. The number of β-amino-alcohol motifs (C(OH)–C–C–N with tert-alkyl or cyclic N) is 1. The number of rotatable bonds is 8. The van der Waals surface area contributed by atoms with Crippen molar-refractivity contribution in [1.29, 1.82) is 0 Å². The summed E-state index contributed by atoms with van der Waals surface area (Å²) in [6.07, 6.45) is 4.21. The summed E-state index contributed by atoms with van der Waals surface area (Å²) < 4.78 is 11.4. The van der Waals surface area contributed by atoms with E-state index in [0.717, 1.165) is 94.6 Å². The third-order valence-electron chi connectivity index (χ3n) is 6.91. The molecular formula is C25H35N5O3. The first-order valence-electron chi connectivity index (χ1n) is 12.3. The molecule has 5 rings (SSSR count). The van der Waals surface area contributed by atoms with Gasteiger partial charge in [0.05, 0.1) is 32.5 Å². The topological polar surface area (TPSA) is 74.2 Å². The molecule has 1 unspecified atom stereocenters. The predicted molar refractivity (Wildman–Crippen MR) is 127 cm³/mol. The van der Waals surface area contributed by atoms with E-state index in [1.807, 2.05) is 6.20 Å². The van der Waals surface area contributed by atoms with E-state index in [9.17, 15) is 5.11 Å². The van der Waals surface area contributed by atoms with Gasteiger partial charge in [-0.05, 0) is 18.4 Å². The van der Waals surface area contributed by atoms with Crippen molar-refractivity contribution in [2.24, 2.45) is 0 Å². The maximum atomic E-state index is 9.22. The minimum atomic E-state index is 0.0437. The number of morpholine rings is 2. The zero-order chi connectivity index (χ0) is 22.5. The van der Waals surface area contributed by atoms with E-state index in [1.165, 1.54) is 5.56 Å². The number of fused-ring (bicyclic) bond motifs is 1. The van der Waals surface area contributed by atoms with E-state index < -0.39 is 0 Å². The van der Waals surface area contributed by atoms with Gasteiger partial charge >= 0.3 is 0 Å². The fourth-order valence-corrected chi connectivity index (χ4v) is 4.97. The number of hydrogen-bond donors (Lipinski definition) is 1. The molecule has 33 heavy (non-hydrogen) atoms. The van der Waals surface area contributed by atoms with E-state index in [-0.39, 0.29) is 12.7 Å². The maximum absolute atomic E-state index is 9.22. The summed E-state index contributed by atoms with van der Waals surface area (Å²) in [6, 6.07) is 8.45. The van der Waals surface area contributed by atoms with Crippen molar-refractivity contribution in [2.75, 3.05) is 83.7 Å². The van der Waals surface area contributed by atoms with Crippen LogP contribution in [0.2, 0.25) is 0 Å². The summed E-state index contributed by atoms with van der Waals surface area (Å²) in [5.74, 6) is 1.88. The second kappa shape index (κ2) is 10.9. The molecule has 0 saturated carbocycles. The Kier molecular flexibility index (Phi) is 7.48. The van der Waals surface area contributed by atoms with Crippen molar-refractivity contribution in [3.05, 3.63) is 41.6 Å². The zero-order valence-corrected chi connectivity index (χ0v) is 19.4. The zero-order valence-electron chi connectivity index (χ0n) is 19.4. The normalized spacial score (nSPS) is 22.0. The molecule has 178 valence electrons. The second-order valence-electron chi connectivity index (χ2n) is 9.09. The highest BCUT2D eigenvalue weighted by Gasteiger charge is 2.24.